The van der Waals surface area contributed by atoms with Crippen molar-refractivity contribution >= 4 is 11.8 Å². The van der Waals surface area contributed by atoms with Crippen LogP contribution in [0.3, 0.4) is 0 Å². The van der Waals surface area contributed by atoms with Gasteiger partial charge in [-0.15, -0.1) is 10.3 Å². The standard InChI is InChI=1S/C5H9N5O2/c6-4-1-3(2-5(11)12)8-10(7)9-4/h1,8H,2,7H2,(H2,6,9)(H,11,12). The molecule has 0 fully saturated rings. The van der Waals surface area contributed by atoms with Crippen molar-refractivity contribution in [3.05, 3.63) is 11.8 Å². The number of carbonyl (C=O) groups is 1. The van der Waals surface area contributed by atoms with Gasteiger partial charge in [0.25, 0.3) is 0 Å². The van der Waals surface area contributed by atoms with Crippen LogP contribution in [0.2, 0.25) is 0 Å². The van der Waals surface area contributed by atoms with Crippen molar-refractivity contribution in [1.82, 2.24) is 10.7 Å². The predicted octanol–water partition coefficient (Wildman–Crippen LogP) is -1.69. The SMILES string of the molecule is NC1=NN(N)NC(CC(=O)O)=C1. The molecular formula is C5H9N5O2. The molecule has 66 valence electrons. The highest BCUT2D eigenvalue weighted by Gasteiger charge is 2.10. The van der Waals surface area contributed by atoms with Crippen molar-refractivity contribution in [2.45, 2.75) is 6.42 Å². The summed E-state index contributed by atoms with van der Waals surface area (Å²) in [7, 11) is 0. The highest BCUT2D eigenvalue weighted by atomic mass is 16.4. The minimum atomic E-state index is -0.961. The molecule has 1 aliphatic heterocycles. The maximum Gasteiger partial charge on any atom is 0.309 e. The van der Waals surface area contributed by atoms with E-state index in [1.807, 2.05) is 0 Å². The van der Waals surface area contributed by atoms with Gasteiger partial charge >= 0.3 is 5.97 Å². The molecule has 0 aromatic rings. The molecule has 0 radical (unpaired) electrons. The lowest BCUT2D eigenvalue weighted by molar-refractivity contribution is -0.136. The number of amidine groups is 1. The Hall–Kier alpha value is -1.76. The number of nitrogens with zero attached hydrogens (tertiary/aromatic N) is 2. The number of rotatable bonds is 2. The largest absolute Gasteiger partial charge is 0.481 e. The first kappa shape index (κ1) is 8.34. The molecule has 0 spiro atoms. The molecule has 0 bridgehead atoms. The van der Waals surface area contributed by atoms with Gasteiger partial charge in [0, 0.05) is 11.8 Å². The molecule has 0 atom stereocenters. The second-order valence-electron chi connectivity index (χ2n) is 2.22. The fourth-order valence-corrected chi connectivity index (χ4v) is 0.790. The van der Waals surface area contributed by atoms with E-state index in [4.69, 9.17) is 16.7 Å². The number of aliphatic carboxylic acids is 1. The smallest absolute Gasteiger partial charge is 0.309 e. The van der Waals surface area contributed by atoms with Gasteiger partial charge in [0.2, 0.25) is 0 Å². The van der Waals surface area contributed by atoms with Crippen LogP contribution in [0.25, 0.3) is 0 Å². The van der Waals surface area contributed by atoms with Crippen LogP contribution in [0.15, 0.2) is 16.9 Å². The van der Waals surface area contributed by atoms with E-state index in [2.05, 4.69) is 10.5 Å². The van der Waals surface area contributed by atoms with Gasteiger partial charge in [0.1, 0.15) is 5.84 Å². The number of nitrogens with one attached hydrogen (secondary N) is 1. The van der Waals surface area contributed by atoms with E-state index >= 15 is 0 Å². The summed E-state index contributed by atoms with van der Waals surface area (Å²) in [4.78, 5) is 10.3. The van der Waals surface area contributed by atoms with Crippen LogP contribution in [0.5, 0.6) is 0 Å². The molecule has 1 aliphatic rings. The van der Waals surface area contributed by atoms with Gasteiger partial charge in [-0.05, 0) is 0 Å². The van der Waals surface area contributed by atoms with E-state index in [9.17, 15) is 4.79 Å². The van der Waals surface area contributed by atoms with Gasteiger partial charge in [0.15, 0.2) is 0 Å². The van der Waals surface area contributed by atoms with E-state index in [0.717, 1.165) is 5.23 Å². The monoisotopic (exact) mass is 171 g/mol. The van der Waals surface area contributed by atoms with Crippen LogP contribution in [-0.2, 0) is 4.79 Å². The van der Waals surface area contributed by atoms with E-state index in [0.29, 0.717) is 5.70 Å². The van der Waals surface area contributed by atoms with Crippen molar-refractivity contribution in [2.24, 2.45) is 16.7 Å². The summed E-state index contributed by atoms with van der Waals surface area (Å²) in [5, 5.41) is 12.9. The first-order chi connectivity index (χ1) is 5.58. The lowest BCUT2D eigenvalue weighted by Gasteiger charge is -2.20. The zero-order valence-corrected chi connectivity index (χ0v) is 6.19. The number of hydrogen-bond acceptors (Lipinski definition) is 6. The third kappa shape index (κ3) is 2.13. The molecule has 0 aliphatic carbocycles. The summed E-state index contributed by atoms with van der Waals surface area (Å²) in [6, 6.07) is 0. The van der Waals surface area contributed by atoms with Gasteiger partial charge in [-0.2, -0.15) is 0 Å². The molecule has 0 aromatic heterocycles. The summed E-state index contributed by atoms with van der Waals surface area (Å²) < 4.78 is 0. The van der Waals surface area contributed by atoms with E-state index in [1.165, 1.54) is 6.08 Å². The Morgan fingerprint density at radius 1 is 1.83 bits per heavy atom. The summed E-state index contributed by atoms with van der Waals surface area (Å²) >= 11 is 0. The maximum absolute atomic E-state index is 10.3. The molecule has 6 N–H and O–H groups in total. The van der Waals surface area contributed by atoms with Crippen LogP contribution in [0.1, 0.15) is 6.42 Å². The molecule has 7 nitrogen and oxygen atoms in total. The van der Waals surface area contributed by atoms with Gasteiger partial charge in [0.05, 0.1) is 6.42 Å². The first-order valence-corrected chi connectivity index (χ1v) is 3.16. The first-order valence-electron chi connectivity index (χ1n) is 3.16. The Morgan fingerprint density at radius 3 is 3.00 bits per heavy atom. The van der Waals surface area contributed by atoms with Crippen LogP contribution >= 0.6 is 0 Å². The van der Waals surface area contributed by atoms with Crippen molar-refractivity contribution in [1.29, 1.82) is 0 Å². The zero-order valence-electron chi connectivity index (χ0n) is 6.19. The minimum absolute atomic E-state index is 0.163. The highest BCUT2D eigenvalue weighted by Crippen LogP contribution is 2.01. The van der Waals surface area contributed by atoms with Crippen LogP contribution in [0.4, 0.5) is 0 Å². The number of hydrazone groups is 1. The van der Waals surface area contributed by atoms with Crippen LogP contribution in [0, 0.1) is 0 Å². The summed E-state index contributed by atoms with van der Waals surface area (Å²) in [5.74, 6) is 4.42. The molecule has 0 unspecified atom stereocenters. The van der Waals surface area contributed by atoms with Crippen molar-refractivity contribution in [2.75, 3.05) is 0 Å². The van der Waals surface area contributed by atoms with Crippen LogP contribution in [-0.4, -0.2) is 22.1 Å². The lowest BCUT2D eigenvalue weighted by Crippen LogP contribution is -2.43. The van der Waals surface area contributed by atoms with Gasteiger partial charge < -0.3 is 10.8 Å². The number of hydrogen-bond donors (Lipinski definition) is 4. The van der Waals surface area contributed by atoms with Gasteiger partial charge in [-0.3, -0.25) is 10.2 Å². The number of carboxylic acids is 1. The molecule has 1 rings (SSSR count). The van der Waals surface area contributed by atoms with E-state index in [-0.39, 0.29) is 12.3 Å². The van der Waals surface area contributed by atoms with Gasteiger partial charge in [-0.1, -0.05) is 0 Å². The average molecular weight is 171 g/mol. The topological polar surface area (TPSA) is 117 Å². The molecule has 0 amide bonds. The molecule has 0 saturated heterocycles. The van der Waals surface area contributed by atoms with Crippen molar-refractivity contribution in [3.63, 3.8) is 0 Å². The minimum Gasteiger partial charge on any atom is -0.481 e. The van der Waals surface area contributed by atoms with Crippen molar-refractivity contribution in [3.8, 4) is 0 Å². The van der Waals surface area contributed by atoms with E-state index in [1.54, 1.807) is 0 Å². The molecule has 1 heterocycles. The normalized spacial score (nSPS) is 16.2. The molecule has 12 heavy (non-hydrogen) atoms. The van der Waals surface area contributed by atoms with Crippen molar-refractivity contribution < 1.29 is 9.90 Å². The summed E-state index contributed by atoms with van der Waals surface area (Å²) in [6.45, 7) is 0. The number of hydrazine groups is 2. The molecule has 7 heteroatoms. The van der Waals surface area contributed by atoms with Crippen LogP contribution < -0.4 is 17.0 Å². The second-order valence-corrected chi connectivity index (χ2v) is 2.22. The maximum atomic E-state index is 10.3. The van der Waals surface area contributed by atoms with Gasteiger partial charge in [-0.25, -0.2) is 5.84 Å². The quantitative estimate of drug-likeness (QED) is 0.368. The third-order valence-electron chi connectivity index (χ3n) is 1.15. The lowest BCUT2D eigenvalue weighted by atomic mass is 10.3. The Bertz CT molecular complexity index is 259. The fraction of sp³-hybridized carbons (Fsp3) is 0.200. The van der Waals surface area contributed by atoms with E-state index < -0.39 is 5.97 Å². The second kappa shape index (κ2) is 3.09. The third-order valence-corrected chi connectivity index (χ3v) is 1.15. The Balaban J connectivity index is 2.66. The zero-order chi connectivity index (χ0) is 9.14. The number of carboxylic acid groups (broad SMARTS) is 1. The Kier molecular flexibility index (Phi) is 2.15. The Morgan fingerprint density at radius 2 is 2.50 bits per heavy atom. The number of nitrogens with two attached hydrogens (primary N) is 2. The highest BCUT2D eigenvalue weighted by molar-refractivity contribution is 5.92. The molecular weight excluding hydrogens is 162 g/mol. The predicted molar refractivity (Wildman–Crippen MR) is 41.1 cm³/mol. The summed E-state index contributed by atoms with van der Waals surface area (Å²) in [6.07, 6.45) is 1.25. The molecule has 0 aromatic carbocycles. The summed E-state index contributed by atoms with van der Waals surface area (Å²) in [5.41, 5.74) is 8.21. The Labute approximate surface area is 68.3 Å². The average Bonchev–Trinajstić information content (AvgIpc) is 1.81. The fourth-order valence-electron chi connectivity index (χ4n) is 0.790. The molecule has 0 saturated carbocycles.